The van der Waals surface area contributed by atoms with Gasteiger partial charge in [-0.3, -0.25) is 4.78 Å². The van der Waals surface area contributed by atoms with Gasteiger partial charge in [-0.2, -0.15) is 0 Å². The molecule has 1 unspecified atom stereocenters. The second-order valence-electron chi connectivity index (χ2n) is 3.41. The Kier molecular flexibility index (Phi) is 4.03. The number of carbonyl (C=O) groups is 1. The fraction of sp³-hybridized carbons (Fsp3) is 0.364. The first-order chi connectivity index (χ1) is 7.04. The van der Waals surface area contributed by atoms with Crippen LogP contribution < -0.4 is 0 Å². The molecule has 1 N–H and O–H groups in total. The minimum absolute atomic E-state index is 0.322. The van der Waals surface area contributed by atoms with Crippen molar-refractivity contribution in [3.63, 3.8) is 0 Å². The van der Waals surface area contributed by atoms with Crippen molar-refractivity contribution in [1.29, 1.82) is 4.78 Å². The summed E-state index contributed by atoms with van der Waals surface area (Å²) in [6.07, 6.45) is 1.87. The van der Waals surface area contributed by atoms with Crippen LogP contribution in [0.5, 0.6) is 0 Å². The van der Waals surface area contributed by atoms with E-state index in [-0.39, 0.29) is 5.97 Å². The summed E-state index contributed by atoms with van der Waals surface area (Å²) in [4.78, 5) is 11.3. The van der Waals surface area contributed by atoms with Crippen molar-refractivity contribution in [3.8, 4) is 0 Å². The van der Waals surface area contributed by atoms with Gasteiger partial charge in [0.1, 0.15) is 0 Å². The number of hydrogen-bond donors (Lipinski definition) is 1. The van der Waals surface area contributed by atoms with E-state index in [1.807, 2.05) is 25.3 Å². The summed E-state index contributed by atoms with van der Waals surface area (Å²) in [7, 11) is 0.969. The van der Waals surface area contributed by atoms with Crippen LogP contribution in [-0.2, 0) is 21.2 Å². The average Bonchev–Trinajstić information content (AvgIpc) is 2.19. The van der Waals surface area contributed by atoms with Gasteiger partial charge in [0.2, 0.25) is 0 Å². The van der Waals surface area contributed by atoms with Gasteiger partial charge in [-0.25, -0.2) is 4.79 Å². The lowest BCUT2D eigenvalue weighted by Gasteiger charge is -2.07. The van der Waals surface area contributed by atoms with Crippen molar-refractivity contribution in [2.75, 3.05) is 13.4 Å². The van der Waals surface area contributed by atoms with Gasteiger partial charge in [0.05, 0.1) is 12.7 Å². The van der Waals surface area contributed by atoms with E-state index in [4.69, 9.17) is 4.78 Å². The quantitative estimate of drug-likeness (QED) is 0.802. The SMILES string of the molecule is COC(=O)c1ccc(C)c(CS(C)=N)c1. The molecule has 0 aromatic heterocycles. The first-order valence-corrected chi connectivity index (χ1v) is 6.36. The summed E-state index contributed by atoms with van der Waals surface area (Å²) in [5.41, 5.74) is 2.73. The van der Waals surface area contributed by atoms with Crippen molar-refractivity contribution in [1.82, 2.24) is 0 Å². The molecule has 1 atom stereocenters. The maximum atomic E-state index is 11.3. The first kappa shape index (κ1) is 11.9. The summed E-state index contributed by atoms with van der Waals surface area (Å²) < 4.78 is 12.2. The van der Waals surface area contributed by atoms with E-state index >= 15 is 0 Å². The summed E-state index contributed by atoms with van der Waals surface area (Å²) in [5, 5.41) is 0. The molecule has 0 saturated heterocycles. The van der Waals surface area contributed by atoms with Crippen LogP contribution in [-0.4, -0.2) is 19.3 Å². The van der Waals surface area contributed by atoms with Crippen LogP contribution in [0.4, 0.5) is 0 Å². The summed E-state index contributed by atoms with van der Waals surface area (Å²) in [6.45, 7) is 1.99. The molecule has 1 rings (SSSR count). The largest absolute Gasteiger partial charge is 0.465 e. The van der Waals surface area contributed by atoms with Crippen LogP contribution in [0.1, 0.15) is 21.5 Å². The van der Waals surface area contributed by atoms with Crippen LogP contribution in [0, 0.1) is 11.7 Å². The van der Waals surface area contributed by atoms with Crippen molar-refractivity contribution in [2.24, 2.45) is 0 Å². The zero-order valence-corrected chi connectivity index (χ0v) is 9.98. The third-order valence-electron chi connectivity index (χ3n) is 2.14. The van der Waals surface area contributed by atoms with Crippen LogP contribution in [0.15, 0.2) is 18.2 Å². The predicted molar refractivity (Wildman–Crippen MR) is 62.2 cm³/mol. The zero-order chi connectivity index (χ0) is 11.4. The lowest BCUT2D eigenvalue weighted by atomic mass is 10.1. The van der Waals surface area contributed by atoms with E-state index in [1.165, 1.54) is 7.11 Å². The number of benzene rings is 1. The van der Waals surface area contributed by atoms with E-state index < -0.39 is 10.7 Å². The Morgan fingerprint density at radius 3 is 2.73 bits per heavy atom. The lowest BCUT2D eigenvalue weighted by Crippen LogP contribution is -2.03. The second kappa shape index (κ2) is 5.07. The summed E-state index contributed by atoms with van der Waals surface area (Å²) in [6, 6.07) is 5.47. The number of rotatable bonds is 3. The molecule has 0 aliphatic rings. The van der Waals surface area contributed by atoms with E-state index in [1.54, 1.807) is 6.07 Å². The smallest absolute Gasteiger partial charge is 0.337 e. The maximum absolute atomic E-state index is 11.3. The molecular formula is C11H15NO2S. The van der Waals surface area contributed by atoms with E-state index in [2.05, 4.69) is 4.74 Å². The first-order valence-electron chi connectivity index (χ1n) is 4.56. The molecule has 0 aliphatic heterocycles. The Hall–Kier alpha value is -1.16. The van der Waals surface area contributed by atoms with E-state index in [0.29, 0.717) is 11.3 Å². The number of aryl methyl sites for hydroxylation is 1. The van der Waals surface area contributed by atoms with Crippen molar-refractivity contribution >= 4 is 16.7 Å². The van der Waals surface area contributed by atoms with Crippen LogP contribution in [0.3, 0.4) is 0 Å². The molecule has 0 bridgehead atoms. The van der Waals surface area contributed by atoms with Gasteiger partial charge in [0.25, 0.3) is 0 Å². The molecular weight excluding hydrogens is 210 g/mol. The Morgan fingerprint density at radius 2 is 2.20 bits per heavy atom. The minimum atomic E-state index is -0.402. The highest BCUT2D eigenvalue weighted by molar-refractivity contribution is 7.84. The number of hydrogen-bond acceptors (Lipinski definition) is 3. The molecule has 1 aromatic carbocycles. The Balaban J connectivity index is 3.05. The predicted octanol–water partition coefficient (Wildman–Crippen LogP) is 2.29. The summed E-state index contributed by atoms with van der Waals surface area (Å²) in [5.74, 6) is 0.369. The normalized spacial score (nSPS) is 12.2. The molecule has 0 amide bonds. The van der Waals surface area contributed by atoms with Gasteiger partial charge in [0, 0.05) is 5.75 Å². The minimum Gasteiger partial charge on any atom is -0.465 e. The molecule has 15 heavy (non-hydrogen) atoms. The highest BCUT2D eigenvalue weighted by atomic mass is 32.2. The zero-order valence-electron chi connectivity index (χ0n) is 9.16. The van der Waals surface area contributed by atoms with E-state index in [0.717, 1.165) is 11.1 Å². The molecule has 0 heterocycles. The van der Waals surface area contributed by atoms with Crippen molar-refractivity contribution in [3.05, 3.63) is 34.9 Å². The Morgan fingerprint density at radius 1 is 1.53 bits per heavy atom. The average molecular weight is 225 g/mol. The fourth-order valence-corrected chi connectivity index (χ4v) is 2.08. The number of methoxy groups -OCH3 is 1. The Labute approximate surface area is 92.3 Å². The van der Waals surface area contributed by atoms with Crippen LogP contribution in [0.25, 0.3) is 0 Å². The van der Waals surface area contributed by atoms with Crippen molar-refractivity contribution in [2.45, 2.75) is 12.7 Å². The number of carbonyl (C=O) groups excluding carboxylic acids is 1. The molecule has 82 valence electrons. The lowest BCUT2D eigenvalue weighted by molar-refractivity contribution is 0.0600. The molecule has 0 spiro atoms. The van der Waals surface area contributed by atoms with Gasteiger partial charge >= 0.3 is 5.97 Å². The highest BCUT2D eigenvalue weighted by Crippen LogP contribution is 2.13. The van der Waals surface area contributed by atoms with Gasteiger partial charge in [-0.05, 0) is 36.4 Å². The van der Waals surface area contributed by atoms with E-state index in [9.17, 15) is 4.79 Å². The topological polar surface area (TPSA) is 50.2 Å². The number of esters is 1. The van der Waals surface area contributed by atoms with Crippen LogP contribution in [0.2, 0.25) is 0 Å². The number of nitrogens with one attached hydrogen (secondary N) is 1. The third kappa shape index (κ3) is 3.16. The van der Waals surface area contributed by atoms with Gasteiger partial charge in [-0.15, -0.1) is 10.7 Å². The van der Waals surface area contributed by atoms with Gasteiger partial charge in [-0.1, -0.05) is 6.07 Å². The molecule has 3 nitrogen and oxygen atoms in total. The standard InChI is InChI=1S/C11H15NO2S/c1-8-4-5-9(11(13)14-2)6-10(8)7-15(3)12/h4-6,12H,7H2,1-3H3. The number of ether oxygens (including phenoxy) is 1. The summed E-state index contributed by atoms with van der Waals surface area (Å²) >= 11 is 0. The monoisotopic (exact) mass is 225 g/mol. The Bertz CT molecular complexity index is 402. The van der Waals surface area contributed by atoms with Crippen molar-refractivity contribution < 1.29 is 9.53 Å². The molecule has 4 heteroatoms. The molecule has 1 aromatic rings. The molecule has 0 radical (unpaired) electrons. The third-order valence-corrected chi connectivity index (χ3v) is 2.89. The molecule has 0 saturated carbocycles. The molecule has 0 fully saturated rings. The highest BCUT2D eigenvalue weighted by Gasteiger charge is 2.07. The second-order valence-corrected chi connectivity index (χ2v) is 4.98. The molecule has 0 aliphatic carbocycles. The maximum Gasteiger partial charge on any atom is 0.337 e. The fourth-order valence-electron chi connectivity index (χ4n) is 1.31. The van der Waals surface area contributed by atoms with Gasteiger partial charge in [0.15, 0.2) is 0 Å². The van der Waals surface area contributed by atoms with Gasteiger partial charge < -0.3 is 4.74 Å². The van der Waals surface area contributed by atoms with Crippen LogP contribution >= 0.6 is 0 Å².